The maximum Gasteiger partial charge on any atom is 0.309 e. The van der Waals surface area contributed by atoms with Crippen molar-refractivity contribution in [2.75, 3.05) is 11.5 Å². The Morgan fingerprint density at radius 2 is 1.88 bits per heavy atom. The van der Waals surface area contributed by atoms with Crippen molar-refractivity contribution in [2.45, 2.75) is 76.8 Å². The highest BCUT2D eigenvalue weighted by Crippen LogP contribution is 2.24. The van der Waals surface area contributed by atoms with Gasteiger partial charge in [0.15, 0.2) is 0 Å². The van der Waals surface area contributed by atoms with E-state index in [1.54, 1.807) is 12.2 Å². The van der Waals surface area contributed by atoms with Gasteiger partial charge in [0, 0.05) is 11.5 Å². The van der Waals surface area contributed by atoms with E-state index in [2.05, 4.69) is 16.0 Å². The van der Waals surface area contributed by atoms with Crippen LogP contribution in [0.4, 0.5) is 0 Å². The van der Waals surface area contributed by atoms with Crippen molar-refractivity contribution >= 4 is 45.3 Å². The summed E-state index contributed by atoms with van der Waals surface area (Å²) in [5, 5.41) is 18.9. The van der Waals surface area contributed by atoms with E-state index < -0.39 is 54.0 Å². The Morgan fingerprint density at radius 1 is 1.12 bits per heavy atom. The van der Waals surface area contributed by atoms with E-state index in [-0.39, 0.29) is 18.8 Å². The minimum Gasteiger partial charge on any atom is -0.457 e. The zero-order chi connectivity index (χ0) is 23.7. The molecule has 3 aliphatic rings. The molecular formula is C21H33N3O6S2. The van der Waals surface area contributed by atoms with Crippen LogP contribution >= 0.6 is 21.6 Å². The quantitative estimate of drug-likeness (QED) is 0.262. The summed E-state index contributed by atoms with van der Waals surface area (Å²) in [6.07, 6.45) is 2.57. The van der Waals surface area contributed by atoms with E-state index in [9.17, 15) is 24.3 Å². The molecule has 9 nitrogen and oxygen atoms in total. The first kappa shape index (κ1) is 26.5. The summed E-state index contributed by atoms with van der Waals surface area (Å²) in [5.41, 5.74) is 0. The van der Waals surface area contributed by atoms with Crippen LogP contribution in [0.15, 0.2) is 12.2 Å². The molecule has 4 N–H and O–H groups in total. The van der Waals surface area contributed by atoms with Gasteiger partial charge in [-0.3, -0.25) is 19.2 Å². The minimum atomic E-state index is -1.17. The number of carbonyl (C=O) groups is 4. The lowest BCUT2D eigenvalue weighted by Gasteiger charge is -2.31. The average Bonchev–Trinajstić information content (AvgIpc) is 2.71. The Labute approximate surface area is 196 Å². The first-order valence-electron chi connectivity index (χ1n) is 10.9. The Kier molecular flexibility index (Phi) is 10.9. The van der Waals surface area contributed by atoms with Gasteiger partial charge in [-0.05, 0) is 25.3 Å². The third-order valence-electron chi connectivity index (χ3n) is 5.36. The van der Waals surface area contributed by atoms with Crippen LogP contribution in [0, 0.1) is 5.92 Å². The summed E-state index contributed by atoms with van der Waals surface area (Å²) >= 11 is 0. The number of amides is 3. The predicted molar refractivity (Wildman–Crippen MR) is 125 cm³/mol. The van der Waals surface area contributed by atoms with Crippen LogP contribution in [0.25, 0.3) is 0 Å². The van der Waals surface area contributed by atoms with E-state index in [1.807, 2.05) is 13.8 Å². The van der Waals surface area contributed by atoms with Crippen molar-refractivity contribution in [3.05, 3.63) is 12.2 Å². The molecule has 3 aliphatic heterocycles. The maximum absolute atomic E-state index is 13.1. The van der Waals surface area contributed by atoms with Gasteiger partial charge < -0.3 is 25.8 Å². The summed E-state index contributed by atoms with van der Waals surface area (Å²) in [7, 11) is 2.91. The van der Waals surface area contributed by atoms with Crippen molar-refractivity contribution in [1.29, 1.82) is 0 Å². The summed E-state index contributed by atoms with van der Waals surface area (Å²) < 4.78 is 5.46. The predicted octanol–water partition coefficient (Wildman–Crippen LogP) is 0.915. The average molecular weight is 488 g/mol. The van der Waals surface area contributed by atoms with E-state index in [0.29, 0.717) is 11.5 Å². The lowest BCUT2D eigenvalue weighted by molar-refractivity contribution is -0.151. The van der Waals surface area contributed by atoms with Gasteiger partial charge in [0.1, 0.15) is 18.2 Å². The SMILES string of the molecule is CCCC(C)C1NC(=O)C2CSSC/C=C/C(CC(=O)NC(C)C(=O)N2)OC(=O)CC1O. The molecule has 3 rings (SSSR count). The van der Waals surface area contributed by atoms with Crippen LogP contribution in [0.2, 0.25) is 0 Å². The monoisotopic (exact) mass is 487 g/mol. The number of nitrogens with one attached hydrogen (secondary N) is 3. The van der Waals surface area contributed by atoms with Crippen LogP contribution in [-0.4, -0.2) is 70.6 Å². The van der Waals surface area contributed by atoms with Gasteiger partial charge in [-0.1, -0.05) is 47.9 Å². The number of carbonyl (C=O) groups excluding carboxylic acids is 4. The Hall–Kier alpha value is -1.72. The molecule has 0 aromatic heterocycles. The Balaban J connectivity index is 2.42. The first-order chi connectivity index (χ1) is 15.2. The normalized spacial score (nSPS) is 32.9. The molecular weight excluding hydrogens is 454 g/mol. The van der Waals surface area contributed by atoms with Gasteiger partial charge in [0.2, 0.25) is 17.7 Å². The zero-order valence-corrected chi connectivity index (χ0v) is 20.3. The molecule has 1 saturated heterocycles. The van der Waals surface area contributed by atoms with Gasteiger partial charge in [0.25, 0.3) is 0 Å². The molecule has 180 valence electrons. The van der Waals surface area contributed by atoms with Gasteiger partial charge in [-0.25, -0.2) is 0 Å². The highest BCUT2D eigenvalue weighted by Gasteiger charge is 2.33. The van der Waals surface area contributed by atoms with Gasteiger partial charge in [0.05, 0.1) is 25.0 Å². The van der Waals surface area contributed by atoms with Crippen molar-refractivity contribution in [1.82, 2.24) is 16.0 Å². The van der Waals surface area contributed by atoms with Crippen LogP contribution in [0.3, 0.4) is 0 Å². The third kappa shape index (κ3) is 8.32. The van der Waals surface area contributed by atoms with Crippen molar-refractivity contribution in [2.24, 2.45) is 5.92 Å². The topological polar surface area (TPSA) is 134 Å². The van der Waals surface area contributed by atoms with E-state index in [0.717, 1.165) is 12.8 Å². The van der Waals surface area contributed by atoms with Crippen molar-refractivity contribution < 1.29 is 29.0 Å². The summed E-state index contributed by atoms with van der Waals surface area (Å²) in [5.74, 6) is -1.27. The summed E-state index contributed by atoms with van der Waals surface area (Å²) in [6, 6.07) is -2.42. The molecule has 32 heavy (non-hydrogen) atoms. The smallest absolute Gasteiger partial charge is 0.309 e. The fraction of sp³-hybridized carbons (Fsp3) is 0.714. The standard InChI is InChI=1S/C21H33N3O6S2/c1-4-6-12(2)19-16(25)10-18(27)30-14-7-5-8-31-32-11-15(21(29)24-19)23-20(28)13(3)22-17(26)9-14/h5,7,12-16,19,25H,4,6,8-11H2,1-3H3,(H,22,26)(H,23,28)(H,24,29)/b7-5+. The summed E-state index contributed by atoms with van der Waals surface area (Å²) in [6.45, 7) is 5.43. The fourth-order valence-corrected chi connectivity index (χ4v) is 5.59. The van der Waals surface area contributed by atoms with E-state index >= 15 is 0 Å². The number of hydrogen-bond donors (Lipinski definition) is 4. The third-order valence-corrected chi connectivity index (χ3v) is 7.64. The molecule has 0 aromatic rings. The minimum absolute atomic E-state index is 0.102. The molecule has 3 heterocycles. The molecule has 0 aromatic carbocycles. The molecule has 1 fully saturated rings. The maximum atomic E-state index is 13.1. The van der Waals surface area contributed by atoms with Gasteiger partial charge in [-0.15, -0.1) is 0 Å². The number of aliphatic hydroxyl groups is 1. The molecule has 6 atom stereocenters. The highest BCUT2D eigenvalue weighted by molar-refractivity contribution is 8.76. The number of ether oxygens (including phenoxy) is 1. The molecule has 0 spiro atoms. The molecule has 0 aliphatic carbocycles. The van der Waals surface area contributed by atoms with E-state index in [1.165, 1.54) is 28.5 Å². The molecule has 6 unspecified atom stereocenters. The molecule has 0 saturated carbocycles. The van der Waals surface area contributed by atoms with Crippen molar-refractivity contribution in [3.8, 4) is 0 Å². The number of hydrogen-bond acceptors (Lipinski definition) is 8. The fourth-order valence-electron chi connectivity index (χ4n) is 3.62. The van der Waals surface area contributed by atoms with Crippen LogP contribution < -0.4 is 16.0 Å². The van der Waals surface area contributed by atoms with Gasteiger partial charge in [-0.2, -0.15) is 0 Å². The van der Waals surface area contributed by atoms with E-state index in [4.69, 9.17) is 4.74 Å². The van der Waals surface area contributed by atoms with Crippen LogP contribution in [-0.2, 0) is 23.9 Å². The number of aliphatic hydroxyl groups excluding tert-OH is 1. The number of fused-ring (bicyclic) bond motifs is 15. The highest BCUT2D eigenvalue weighted by atomic mass is 33.1. The largest absolute Gasteiger partial charge is 0.457 e. The summed E-state index contributed by atoms with van der Waals surface area (Å²) in [4.78, 5) is 50.7. The number of rotatable bonds is 3. The second-order valence-corrected chi connectivity index (χ2v) is 10.7. The van der Waals surface area contributed by atoms with Crippen molar-refractivity contribution in [3.63, 3.8) is 0 Å². The Morgan fingerprint density at radius 3 is 2.59 bits per heavy atom. The lowest BCUT2D eigenvalue weighted by atomic mass is 9.90. The first-order valence-corrected chi connectivity index (χ1v) is 13.4. The molecule has 2 bridgehead atoms. The zero-order valence-electron chi connectivity index (χ0n) is 18.7. The van der Waals surface area contributed by atoms with Gasteiger partial charge >= 0.3 is 5.97 Å². The molecule has 3 amide bonds. The van der Waals surface area contributed by atoms with Crippen LogP contribution in [0.1, 0.15) is 46.5 Å². The Bertz CT molecular complexity index is 720. The van der Waals surface area contributed by atoms with Crippen LogP contribution in [0.5, 0.6) is 0 Å². The molecule has 11 heteroatoms. The molecule has 0 radical (unpaired) electrons. The lowest BCUT2D eigenvalue weighted by Crippen LogP contribution is -2.57. The second-order valence-electron chi connectivity index (χ2n) is 8.15. The number of esters is 1. The second kappa shape index (κ2) is 13.1.